The van der Waals surface area contributed by atoms with Crippen LogP contribution in [0.4, 0.5) is 5.69 Å². The zero-order valence-electron chi connectivity index (χ0n) is 7.97. The molecule has 0 aliphatic carbocycles. The highest BCUT2D eigenvalue weighted by Crippen LogP contribution is 2.20. The molecule has 0 unspecified atom stereocenters. The Labute approximate surface area is 82.6 Å². The van der Waals surface area contributed by atoms with E-state index < -0.39 is 6.17 Å². The SMILES string of the molecule is CC(=O)C=Nc1ccccc1C(N)N. The monoisotopic (exact) mass is 191 g/mol. The normalized spacial score (nSPS) is 11.1. The highest BCUT2D eigenvalue weighted by molar-refractivity contribution is 6.26. The lowest BCUT2D eigenvalue weighted by Crippen LogP contribution is -2.20. The van der Waals surface area contributed by atoms with Gasteiger partial charge in [0.15, 0.2) is 5.78 Å². The summed E-state index contributed by atoms with van der Waals surface area (Å²) in [6.07, 6.45) is 0.677. The molecule has 0 saturated carbocycles. The number of para-hydroxylation sites is 1. The molecule has 74 valence electrons. The molecule has 0 fully saturated rings. The highest BCUT2D eigenvalue weighted by atomic mass is 16.1. The van der Waals surface area contributed by atoms with Crippen LogP contribution in [-0.4, -0.2) is 12.0 Å². The lowest BCUT2D eigenvalue weighted by atomic mass is 10.1. The first-order chi connectivity index (χ1) is 6.61. The van der Waals surface area contributed by atoms with Crippen LogP contribution in [0.2, 0.25) is 0 Å². The molecule has 14 heavy (non-hydrogen) atoms. The fraction of sp³-hybridized carbons (Fsp3) is 0.200. The van der Waals surface area contributed by atoms with Crippen LogP contribution < -0.4 is 11.5 Å². The van der Waals surface area contributed by atoms with Gasteiger partial charge in [-0.25, -0.2) is 0 Å². The number of carbonyl (C=O) groups is 1. The van der Waals surface area contributed by atoms with Gasteiger partial charge in [0, 0.05) is 12.5 Å². The summed E-state index contributed by atoms with van der Waals surface area (Å²) in [6.45, 7) is 1.44. The first kappa shape index (κ1) is 10.6. The van der Waals surface area contributed by atoms with Gasteiger partial charge in [-0.3, -0.25) is 9.79 Å². The number of hydrogen-bond acceptors (Lipinski definition) is 4. The number of aliphatic imine (C=N–C) groups is 1. The first-order valence-corrected chi connectivity index (χ1v) is 4.26. The summed E-state index contributed by atoms with van der Waals surface area (Å²) in [6, 6.07) is 7.20. The third-order valence-corrected chi connectivity index (χ3v) is 1.68. The van der Waals surface area contributed by atoms with Crippen LogP contribution in [0.5, 0.6) is 0 Å². The number of Topliss-reactive ketones (excluding diaryl/α,β-unsaturated/α-hetero) is 1. The van der Waals surface area contributed by atoms with Crippen molar-refractivity contribution < 1.29 is 4.79 Å². The number of hydrogen-bond donors (Lipinski definition) is 2. The Balaban J connectivity index is 3.01. The molecule has 1 aromatic carbocycles. The molecule has 0 aliphatic heterocycles. The molecule has 0 atom stereocenters. The molecule has 0 heterocycles. The van der Waals surface area contributed by atoms with Gasteiger partial charge in [-0.05, 0) is 6.07 Å². The Morgan fingerprint density at radius 2 is 2.07 bits per heavy atom. The lowest BCUT2D eigenvalue weighted by Gasteiger charge is -2.07. The molecule has 0 amide bonds. The quantitative estimate of drug-likeness (QED) is 0.550. The Bertz CT molecular complexity index is 358. The molecule has 4 nitrogen and oxygen atoms in total. The summed E-state index contributed by atoms with van der Waals surface area (Å²) in [5, 5.41) is 0. The zero-order valence-corrected chi connectivity index (χ0v) is 7.97. The first-order valence-electron chi connectivity index (χ1n) is 4.26. The van der Waals surface area contributed by atoms with Crippen LogP contribution in [0.15, 0.2) is 29.3 Å². The fourth-order valence-corrected chi connectivity index (χ4v) is 1.05. The summed E-state index contributed by atoms with van der Waals surface area (Å²) in [4.78, 5) is 14.7. The standard InChI is InChI=1S/C10H13N3O/c1-7(14)6-13-9-5-3-2-4-8(9)10(11)12/h2-6,10H,11-12H2,1H3. The molecule has 4 N–H and O–H groups in total. The predicted molar refractivity (Wildman–Crippen MR) is 56.4 cm³/mol. The molecule has 0 aromatic heterocycles. The van der Waals surface area contributed by atoms with E-state index in [1.165, 1.54) is 13.1 Å². The number of rotatable bonds is 3. The minimum atomic E-state index is -0.574. The van der Waals surface area contributed by atoms with Crippen LogP contribution in [0.3, 0.4) is 0 Å². The number of nitrogens with two attached hydrogens (primary N) is 2. The van der Waals surface area contributed by atoms with Gasteiger partial charge >= 0.3 is 0 Å². The summed E-state index contributed by atoms with van der Waals surface area (Å²) in [5.74, 6) is -0.106. The highest BCUT2D eigenvalue weighted by Gasteiger charge is 2.04. The minimum absolute atomic E-state index is 0.106. The second-order valence-corrected chi connectivity index (χ2v) is 2.95. The fourth-order valence-electron chi connectivity index (χ4n) is 1.05. The van der Waals surface area contributed by atoms with E-state index in [0.717, 1.165) is 5.56 Å². The van der Waals surface area contributed by atoms with E-state index in [4.69, 9.17) is 11.5 Å². The Hall–Kier alpha value is -1.52. The van der Waals surface area contributed by atoms with Crippen LogP contribution in [0.25, 0.3) is 0 Å². The Morgan fingerprint density at radius 3 is 2.64 bits per heavy atom. The van der Waals surface area contributed by atoms with Gasteiger partial charge in [-0.15, -0.1) is 0 Å². The van der Waals surface area contributed by atoms with E-state index >= 15 is 0 Å². The van der Waals surface area contributed by atoms with Crippen molar-refractivity contribution in [1.29, 1.82) is 0 Å². The van der Waals surface area contributed by atoms with Crippen LogP contribution in [-0.2, 0) is 4.79 Å². The number of ketones is 1. The largest absolute Gasteiger partial charge is 0.312 e. The molecule has 0 spiro atoms. The average Bonchev–Trinajstić information content (AvgIpc) is 2.15. The van der Waals surface area contributed by atoms with E-state index in [9.17, 15) is 4.79 Å². The summed E-state index contributed by atoms with van der Waals surface area (Å²) < 4.78 is 0. The minimum Gasteiger partial charge on any atom is -0.312 e. The maximum absolute atomic E-state index is 10.7. The second kappa shape index (κ2) is 4.64. The van der Waals surface area contributed by atoms with Crippen molar-refractivity contribution in [3.63, 3.8) is 0 Å². The third kappa shape index (κ3) is 2.76. The molecule has 0 aliphatic rings. The molecule has 0 bridgehead atoms. The van der Waals surface area contributed by atoms with Crippen molar-refractivity contribution in [2.24, 2.45) is 16.5 Å². The molecule has 4 heteroatoms. The van der Waals surface area contributed by atoms with E-state index in [2.05, 4.69) is 4.99 Å². The Kier molecular flexibility index (Phi) is 3.50. The van der Waals surface area contributed by atoms with Crippen molar-refractivity contribution in [3.05, 3.63) is 29.8 Å². The topological polar surface area (TPSA) is 81.5 Å². The number of benzene rings is 1. The van der Waals surface area contributed by atoms with Crippen molar-refractivity contribution in [1.82, 2.24) is 0 Å². The molecule has 0 radical (unpaired) electrons. The van der Waals surface area contributed by atoms with E-state index in [-0.39, 0.29) is 5.78 Å². The van der Waals surface area contributed by atoms with Crippen LogP contribution in [0, 0.1) is 0 Å². The maximum atomic E-state index is 10.7. The van der Waals surface area contributed by atoms with Gasteiger partial charge in [0.05, 0.1) is 18.1 Å². The van der Waals surface area contributed by atoms with Gasteiger partial charge in [-0.2, -0.15) is 0 Å². The van der Waals surface area contributed by atoms with Crippen molar-refractivity contribution in [3.8, 4) is 0 Å². The zero-order chi connectivity index (χ0) is 10.6. The second-order valence-electron chi connectivity index (χ2n) is 2.95. The number of carbonyl (C=O) groups excluding carboxylic acids is 1. The lowest BCUT2D eigenvalue weighted by molar-refractivity contribution is -0.110. The van der Waals surface area contributed by atoms with Gasteiger partial charge in [-0.1, -0.05) is 18.2 Å². The summed E-state index contributed by atoms with van der Waals surface area (Å²) in [5.41, 5.74) is 12.4. The number of nitrogens with zero attached hydrogens (tertiary/aromatic N) is 1. The average molecular weight is 191 g/mol. The van der Waals surface area contributed by atoms with Gasteiger partial charge in [0.25, 0.3) is 0 Å². The maximum Gasteiger partial charge on any atom is 0.170 e. The van der Waals surface area contributed by atoms with Crippen molar-refractivity contribution in [2.45, 2.75) is 13.1 Å². The van der Waals surface area contributed by atoms with E-state index in [1.807, 2.05) is 12.1 Å². The predicted octanol–water partition coefficient (Wildman–Crippen LogP) is 0.894. The van der Waals surface area contributed by atoms with Gasteiger partial charge in [0.1, 0.15) is 0 Å². The molecule has 0 saturated heterocycles. The molecule has 1 rings (SSSR count). The third-order valence-electron chi connectivity index (χ3n) is 1.68. The summed E-state index contributed by atoms with van der Waals surface area (Å²) in [7, 11) is 0. The van der Waals surface area contributed by atoms with E-state index in [0.29, 0.717) is 5.69 Å². The van der Waals surface area contributed by atoms with Crippen LogP contribution >= 0.6 is 0 Å². The van der Waals surface area contributed by atoms with Crippen molar-refractivity contribution in [2.75, 3.05) is 0 Å². The Morgan fingerprint density at radius 1 is 1.43 bits per heavy atom. The van der Waals surface area contributed by atoms with Crippen LogP contribution in [0.1, 0.15) is 18.7 Å². The van der Waals surface area contributed by atoms with Gasteiger partial charge in [0.2, 0.25) is 0 Å². The molecule has 1 aromatic rings. The smallest absolute Gasteiger partial charge is 0.170 e. The van der Waals surface area contributed by atoms with Crippen molar-refractivity contribution >= 4 is 17.7 Å². The van der Waals surface area contributed by atoms with E-state index in [1.54, 1.807) is 12.1 Å². The van der Waals surface area contributed by atoms with Gasteiger partial charge < -0.3 is 11.5 Å². The molecular formula is C10H13N3O. The summed E-state index contributed by atoms with van der Waals surface area (Å²) >= 11 is 0. The molecular weight excluding hydrogens is 178 g/mol.